The predicted molar refractivity (Wildman–Crippen MR) is 167 cm³/mol. The van der Waals surface area contributed by atoms with Crippen molar-refractivity contribution in [1.29, 1.82) is 0 Å². The molecule has 194 valence electrons. The predicted octanol–water partition coefficient (Wildman–Crippen LogP) is 7.81. The summed E-state index contributed by atoms with van der Waals surface area (Å²) in [5, 5.41) is 10.3. The average Bonchev–Trinajstić information content (AvgIpc) is 3.43. The molecule has 1 aromatic heterocycles. The molecule has 4 aromatic carbocycles. The normalized spacial score (nSPS) is 10.9. The largest absolute Gasteiger partial charge is 0.488 e. The standard InChI is InChI=1S/C31H25IN4O2S/c1-21-7-14-26(15-8-21)34-31-35-28(20-39-31)24-10-12-25(13-11-24)30(37)36-33-18-23-9-16-29(27(32)17-23)38-19-22-5-3-2-4-6-22/h2-18,20H,19H2,1H3,(H,34,35)(H,36,37)/b33-18-. The van der Waals surface area contributed by atoms with Crippen LogP contribution in [0.15, 0.2) is 108 Å². The highest BCUT2D eigenvalue weighted by Gasteiger charge is 2.09. The van der Waals surface area contributed by atoms with Gasteiger partial charge in [-0.25, -0.2) is 10.4 Å². The van der Waals surface area contributed by atoms with Crippen molar-refractivity contribution in [3.63, 3.8) is 0 Å². The number of carbonyl (C=O) groups excluding carboxylic acids is 1. The van der Waals surface area contributed by atoms with Crippen LogP contribution in [0.5, 0.6) is 5.75 Å². The molecule has 0 saturated heterocycles. The van der Waals surface area contributed by atoms with Crippen molar-refractivity contribution in [1.82, 2.24) is 10.4 Å². The van der Waals surface area contributed by atoms with Crippen LogP contribution < -0.4 is 15.5 Å². The summed E-state index contributed by atoms with van der Waals surface area (Å²) in [7, 11) is 0. The van der Waals surface area contributed by atoms with Crippen LogP contribution in [0.4, 0.5) is 10.8 Å². The van der Waals surface area contributed by atoms with E-state index in [1.165, 1.54) is 16.9 Å². The molecule has 39 heavy (non-hydrogen) atoms. The number of hydrogen-bond acceptors (Lipinski definition) is 6. The molecule has 0 fully saturated rings. The zero-order valence-corrected chi connectivity index (χ0v) is 24.1. The molecule has 0 unspecified atom stereocenters. The number of aromatic nitrogens is 1. The molecule has 5 aromatic rings. The van der Waals surface area contributed by atoms with E-state index < -0.39 is 0 Å². The topological polar surface area (TPSA) is 75.6 Å². The van der Waals surface area contributed by atoms with Crippen molar-refractivity contribution >= 4 is 56.9 Å². The first-order valence-electron chi connectivity index (χ1n) is 12.2. The third-order valence-corrected chi connectivity index (χ3v) is 7.42. The summed E-state index contributed by atoms with van der Waals surface area (Å²) in [5.41, 5.74) is 9.08. The van der Waals surface area contributed by atoms with Crippen molar-refractivity contribution in [2.24, 2.45) is 5.10 Å². The molecule has 5 rings (SSSR count). The van der Waals surface area contributed by atoms with Gasteiger partial charge in [0.1, 0.15) is 12.4 Å². The lowest BCUT2D eigenvalue weighted by molar-refractivity contribution is 0.0955. The lowest BCUT2D eigenvalue weighted by atomic mass is 10.1. The van der Waals surface area contributed by atoms with Crippen molar-refractivity contribution in [2.45, 2.75) is 13.5 Å². The number of carbonyl (C=O) groups is 1. The maximum atomic E-state index is 12.6. The van der Waals surface area contributed by atoms with Crippen molar-refractivity contribution in [3.8, 4) is 17.0 Å². The van der Waals surface area contributed by atoms with Gasteiger partial charge >= 0.3 is 0 Å². The summed E-state index contributed by atoms with van der Waals surface area (Å²) >= 11 is 3.77. The second-order valence-electron chi connectivity index (χ2n) is 8.77. The first-order chi connectivity index (χ1) is 19.0. The lowest BCUT2D eigenvalue weighted by Crippen LogP contribution is -2.17. The molecular formula is C31H25IN4O2S. The summed E-state index contributed by atoms with van der Waals surface area (Å²) < 4.78 is 6.89. The minimum absolute atomic E-state index is 0.282. The quantitative estimate of drug-likeness (QED) is 0.0976. The Labute approximate surface area is 244 Å². The molecule has 2 N–H and O–H groups in total. The number of nitrogens with zero attached hydrogens (tertiary/aromatic N) is 2. The Hall–Kier alpha value is -4.02. The number of anilines is 2. The van der Waals surface area contributed by atoms with Crippen LogP contribution in [0.3, 0.4) is 0 Å². The van der Waals surface area contributed by atoms with Crippen molar-refractivity contribution in [2.75, 3.05) is 5.32 Å². The van der Waals surface area contributed by atoms with Crippen LogP contribution in [0.25, 0.3) is 11.3 Å². The Kier molecular flexibility index (Phi) is 8.65. The summed E-state index contributed by atoms with van der Waals surface area (Å²) in [5.74, 6) is 0.522. The van der Waals surface area contributed by atoms with E-state index in [0.717, 1.165) is 42.5 Å². The van der Waals surface area contributed by atoms with E-state index in [1.807, 2.05) is 78.2 Å². The Bertz CT molecular complexity index is 1580. The molecule has 1 amide bonds. The van der Waals surface area contributed by atoms with E-state index in [2.05, 4.69) is 62.5 Å². The Balaban J connectivity index is 1.14. The SMILES string of the molecule is Cc1ccc(Nc2nc(-c3ccc(C(=O)N/N=C\c4ccc(OCc5ccccc5)c(I)c4)cc3)cs2)cc1. The fraction of sp³-hybridized carbons (Fsp3) is 0.0645. The number of benzene rings is 4. The summed E-state index contributed by atoms with van der Waals surface area (Å²) in [6.07, 6.45) is 1.62. The van der Waals surface area contributed by atoms with Gasteiger partial charge in [0.15, 0.2) is 5.13 Å². The maximum absolute atomic E-state index is 12.6. The van der Waals surface area contributed by atoms with Crippen LogP contribution in [0.1, 0.15) is 27.0 Å². The number of hydrogen-bond donors (Lipinski definition) is 2. The minimum atomic E-state index is -0.282. The fourth-order valence-electron chi connectivity index (χ4n) is 3.70. The first-order valence-corrected chi connectivity index (χ1v) is 14.2. The Morgan fingerprint density at radius 3 is 2.51 bits per heavy atom. The van der Waals surface area contributed by atoms with Crippen molar-refractivity contribution in [3.05, 3.63) is 128 Å². The second kappa shape index (κ2) is 12.7. The molecule has 0 aliphatic carbocycles. The summed E-state index contributed by atoms with van der Waals surface area (Å²) in [6, 6.07) is 31.3. The van der Waals surface area contributed by atoms with Crippen LogP contribution in [-0.2, 0) is 6.61 Å². The third-order valence-electron chi connectivity index (χ3n) is 5.82. The molecule has 0 bridgehead atoms. The number of nitrogens with one attached hydrogen (secondary N) is 2. The molecule has 0 saturated carbocycles. The van der Waals surface area contributed by atoms with Gasteiger partial charge < -0.3 is 10.1 Å². The zero-order chi connectivity index (χ0) is 27.0. The summed E-state index contributed by atoms with van der Waals surface area (Å²) in [4.78, 5) is 17.3. The number of halogens is 1. The highest BCUT2D eigenvalue weighted by Crippen LogP contribution is 2.27. The average molecular weight is 645 g/mol. The van der Waals surface area contributed by atoms with E-state index >= 15 is 0 Å². The zero-order valence-electron chi connectivity index (χ0n) is 21.1. The number of aryl methyl sites for hydroxylation is 1. The molecule has 0 radical (unpaired) electrons. The monoisotopic (exact) mass is 644 g/mol. The third kappa shape index (κ3) is 7.30. The number of amides is 1. The Morgan fingerprint density at radius 1 is 1.00 bits per heavy atom. The van der Waals surface area contributed by atoms with Gasteiger partial charge in [-0.3, -0.25) is 4.79 Å². The number of ether oxygens (including phenoxy) is 1. The van der Waals surface area contributed by atoms with Gasteiger partial charge in [-0.15, -0.1) is 11.3 Å². The smallest absolute Gasteiger partial charge is 0.271 e. The second-order valence-corrected chi connectivity index (χ2v) is 10.8. The van der Waals surface area contributed by atoms with Gasteiger partial charge in [0, 0.05) is 22.2 Å². The lowest BCUT2D eigenvalue weighted by Gasteiger charge is -2.09. The van der Waals surface area contributed by atoms with Gasteiger partial charge in [-0.05, 0) is 83.1 Å². The minimum Gasteiger partial charge on any atom is -0.488 e. The van der Waals surface area contributed by atoms with Gasteiger partial charge in [0.2, 0.25) is 0 Å². The first kappa shape index (κ1) is 26.6. The molecule has 8 heteroatoms. The van der Waals surface area contributed by atoms with E-state index in [0.29, 0.717) is 12.2 Å². The van der Waals surface area contributed by atoms with E-state index in [9.17, 15) is 4.79 Å². The van der Waals surface area contributed by atoms with Crippen LogP contribution in [-0.4, -0.2) is 17.1 Å². The van der Waals surface area contributed by atoms with Gasteiger partial charge in [-0.2, -0.15) is 5.10 Å². The molecule has 6 nitrogen and oxygen atoms in total. The highest BCUT2D eigenvalue weighted by atomic mass is 127. The highest BCUT2D eigenvalue weighted by molar-refractivity contribution is 14.1. The van der Waals surface area contributed by atoms with Crippen LogP contribution in [0, 0.1) is 10.5 Å². The van der Waals surface area contributed by atoms with Gasteiger partial charge in [0.25, 0.3) is 5.91 Å². The molecule has 0 aliphatic heterocycles. The van der Waals surface area contributed by atoms with Gasteiger partial charge in [0.05, 0.1) is 15.5 Å². The summed E-state index contributed by atoms with van der Waals surface area (Å²) in [6.45, 7) is 2.57. The maximum Gasteiger partial charge on any atom is 0.271 e. The number of thiazole rings is 1. The van der Waals surface area contributed by atoms with Gasteiger partial charge in [-0.1, -0.05) is 60.2 Å². The van der Waals surface area contributed by atoms with E-state index in [1.54, 1.807) is 18.3 Å². The molecule has 0 atom stereocenters. The molecular weight excluding hydrogens is 619 g/mol. The van der Waals surface area contributed by atoms with E-state index in [-0.39, 0.29) is 5.91 Å². The number of rotatable bonds is 9. The molecule has 0 spiro atoms. The van der Waals surface area contributed by atoms with E-state index in [4.69, 9.17) is 4.74 Å². The van der Waals surface area contributed by atoms with Crippen LogP contribution in [0.2, 0.25) is 0 Å². The Morgan fingerprint density at radius 2 is 1.77 bits per heavy atom. The molecule has 0 aliphatic rings. The number of hydrazone groups is 1. The van der Waals surface area contributed by atoms with Crippen LogP contribution >= 0.6 is 33.9 Å². The molecule has 1 heterocycles. The van der Waals surface area contributed by atoms with Crippen molar-refractivity contribution < 1.29 is 9.53 Å². The fourth-order valence-corrected chi connectivity index (χ4v) is 5.13.